The van der Waals surface area contributed by atoms with Gasteiger partial charge >= 0.3 is 0 Å². The van der Waals surface area contributed by atoms with Crippen LogP contribution in [0.5, 0.6) is 5.75 Å². The zero-order chi connectivity index (χ0) is 19.7. The zero-order valence-electron chi connectivity index (χ0n) is 15.7. The number of benzene rings is 2. The Morgan fingerprint density at radius 1 is 1.04 bits per heavy atom. The SMILES string of the molecule is COc1ccccc1N1CC[NH+]([C@H]2CC(=O)N(c3ccc(F)cc3)C2=O)CC1. The molecule has 0 unspecified atom stereocenters. The number of halogens is 1. The molecule has 6 nitrogen and oxygen atoms in total. The molecule has 0 aliphatic carbocycles. The van der Waals surface area contributed by atoms with Crippen molar-refractivity contribution in [2.24, 2.45) is 0 Å². The molecule has 2 aliphatic heterocycles. The number of ether oxygens (including phenoxy) is 1. The highest BCUT2D eigenvalue weighted by atomic mass is 19.1. The number of piperazine rings is 1. The van der Waals surface area contributed by atoms with Gasteiger partial charge in [0.05, 0.1) is 51.1 Å². The van der Waals surface area contributed by atoms with E-state index in [1.54, 1.807) is 7.11 Å². The normalized spacial score (nSPS) is 20.7. The standard InChI is InChI=1S/C21H22FN3O3/c1-28-19-5-3-2-4-17(19)23-10-12-24(13-11-23)18-14-20(26)25(21(18)27)16-8-6-15(22)7-9-16/h2-9,18H,10-14H2,1H3/p+1/t18-/m0/s1. The molecule has 0 saturated carbocycles. The number of carbonyl (C=O) groups excluding carboxylic acids is 2. The van der Waals surface area contributed by atoms with Crippen molar-refractivity contribution in [2.45, 2.75) is 12.5 Å². The van der Waals surface area contributed by atoms with Gasteiger partial charge in [-0.05, 0) is 36.4 Å². The molecule has 0 spiro atoms. The smallest absolute Gasteiger partial charge is 0.292 e. The summed E-state index contributed by atoms with van der Waals surface area (Å²) in [7, 11) is 1.66. The van der Waals surface area contributed by atoms with Crippen molar-refractivity contribution < 1.29 is 23.6 Å². The Kier molecular flexibility index (Phi) is 5.00. The molecule has 0 aromatic heterocycles. The third-order valence-electron chi connectivity index (χ3n) is 5.56. The Morgan fingerprint density at radius 2 is 1.71 bits per heavy atom. The molecule has 1 N–H and O–H groups in total. The lowest BCUT2D eigenvalue weighted by molar-refractivity contribution is -0.915. The molecule has 0 radical (unpaired) electrons. The zero-order valence-corrected chi connectivity index (χ0v) is 15.7. The molecule has 28 heavy (non-hydrogen) atoms. The number of amides is 2. The van der Waals surface area contributed by atoms with Gasteiger partial charge in [-0.3, -0.25) is 9.59 Å². The Balaban J connectivity index is 1.44. The molecule has 0 bridgehead atoms. The third-order valence-corrected chi connectivity index (χ3v) is 5.56. The second-order valence-corrected chi connectivity index (χ2v) is 7.12. The highest BCUT2D eigenvalue weighted by Gasteiger charge is 2.46. The second-order valence-electron chi connectivity index (χ2n) is 7.12. The van der Waals surface area contributed by atoms with E-state index >= 15 is 0 Å². The molecule has 146 valence electrons. The summed E-state index contributed by atoms with van der Waals surface area (Å²) in [6.07, 6.45) is 0.195. The first kappa shape index (κ1) is 18.4. The van der Waals surface area contributed by atoms with Gasteiger partial charge in [0, 0.05) is 0 Å². The number of methoxy groups -OCH3 is 1. The van der Waals surface area contributed by atoms with Crippen LogP contribution < -0.4 is 19.4 Å². The molecular weight excluding hydrogens is 361 g/mol. The maximum atomic E-state index is 13.2. The number of quaternary nitrogens is 1. The van der Waals surface area contributed by atoms with Crippen molar-refractivity contribution in [3.63, 3.8) is 0 Å². The number of anilines is 2. The van der Waals surface area contributed by atoms with Crippen LogP contribution in [0.3, 0.4) is 0 Å². The number of nitrogens with zero attached hydrogens (tertiary/aromatic N) is 2. The summed E-state index contributed by atoms with van der Waals surface area (Å²) in [4.78, 5) is 29.9. The van der Waals surface area contributed by atoms with Crippen LogP contribution in [0, 0.1) is 5.82 Å². The molecule has 7 heteroatoms. The Hall–Kier alpha value is -2.93. The predicted octanol–water partition coefficient (Wildman–Crippen LogP) is 0.871. The van der Waals surface area contributed by atoms with E-state index in [1.807, 2.05) is 24.3 Å². The molecule has 2 heterocycles. The number of carbonyl (C=O) groups is 2. The van der Waals surface area contributed by atoms with Gasteiger partial charge in [-0.2, -0.15) is 0 Å². The van der Waals surface area contributed by atoms with Crippen LogP contribution in [-0.4, -0.2) is 51.1 Å². The first-order chi connectivity index (χ1) is 13.6. The minimum absolute atomic E-state index is 0.195. The lowest BCUT2D eigenvalue weighted by atomic mass is 10.1. The number of para-hydroxylation sites is 2. The summed E-state index contributed by atoms with van der Waals surface area (Å²) < 4.78 is 18.6. The van der Waals surface area contributed by atoms with Gasteiger partial charge in [0.25, 0.3) is 5.91 Å². The number of hydrogen-bond acceptors (Lipinski definition) is 4. The van der Waals surface area contributed by atoms with E-state index in [0.29, 0.717) is 5.69 Å². The van der Waals surface area contributed by atoms with Gasteiger partial charge in [0.15, 0.2) is 6.04 Å². The maximum absolute atomic E-state index is 13.2. The van der Waals surface area contributed by atoms with Gasteiger partial charge in [-0.15, -0.1) is 0 Å². The van der Waals surface area contributed by atoms with Crippen LogP contribution in [-0.2, 0) is 9.59 Å². The van der Waals surface area contributed by atoms with Crippen molar-refractivity contribution in [3.8, 4) is 5.75 Å². The average Bonchev–Trinajstić information content (AvgIpc) is 3.03. The molecule has 2 fully saturated rings. The molecule has 1 atom stereocenters. The summed E-state index contributed by atoms with van der Waals surface area (Å²) in [6, 6.07) is 13.0. The highest BCUT2D eigenvalue weighted by Crippen LogP contribution is 2.27. The van der Waals surface area contributed by atoms with Gasteiger partial charge in [0.1, 0.15) is 11.6 Å². The van der Waals surface area contributed by atoms with Crippen molar-refractivity contribution in [2.75, 3.05) is 43.1 Å². The van der Waals surface area contributed by atoms with Gasteiger partial charge in [0.2, 0.25) is 5.91 Å². The average molecular weight is 384 g/mol. The fourth-order valence-corrected chi connectivity index (χ4v) is 4.09. The van der Waals surface area contributed by atoms with E-state index in [2.05, 4.69) is 4.90 Å². The third kappa shape index (κ3) is 3.33. The van der Waals surface area contributed by atoms with Crippen LogP contribution in [0.4, 0.5) is 15.8 Å². The van der Waals surface area contributed by atoms with Crippen LogP contribution in [0.25, 0.3) is 0 Å². The maximum Gasteiger partial charge on any atom is 0.292 e. The summed E-state index contributed by atoms with van der Waals surface area (Å²) >= 11 is 0. The van der Waals surface area contributed by atoms with Gasteiger partial charge in [-0.25, -0.2) is 9.29 Å². The van der Waals surface area contributed by atoms with Crippen molar-refractivity contribution in [1.82, 2.24) is 0 Å². The number of hydrogen-bond donors (Lipinski definition) is 1. The topological polar surface area (TPSA) is 54.3 Å². The quantitative estimate of drug-likeness (QED) is 0.795. The summed E-state index contributed by atoms with van der Waals surface area (Å²) in [6.45, 7) is 3.09. The molecule has 4 rings (SSSR count). The monoisotopic (exact) mass is 384 g/mol. The van der Waals surface area contributed by atoms with E-state index in [9.17, 15) is 14.0 Å². The predicted molar refractivity (Wildman–Crippen MR) is 103 cm³/mol. The van der Waals surface area contributed by atoms with E-state index in [4.69, 9.17) is 4.74 Å². The fraction of sp³-hybridized carbons (Fsp3) is 0.333. The van der Waals surface area contributed by atoms with E-state index in [-0.39, 0.29) is 24.3 Å². The Morgan fingerprint density at radius 3 is 2.39 bits per heavy atom. The number of imide groups is 1. The number of nitrogens with one attached hydrogen (secondary N) is 1. The van der Waals surface area contributed by atoms with E-state index in [1.165, 1.54) is 29.2 Å². The summed E-state index contributed by atoms with van der Waals surface area (Å²) in [5, 5.41) is 0. The molecule has 2 aromatic carbocycles. The minimum Gasteiger partial charge on any atom is -0.495 e. The van der Waals surface area contributed by atoms with E-state index < -0.39 is 5.82 Å². The lowest BCUT2D eigenvalue weighted by Crippen LogP contribution is -3.19. The van der Waals surface area contributed by atoms with Gasteiger partial charge < -0.3 is 14.5 Å². The highest BCUT2D eigenvalue weighted by molar-refractivity contribution is 6.21. The molecule has 2 saturated heterocycles. The summed E-state index contributed by atoms with van der Waals surface area (Å²) in [5.41, 5.74) is 1.48. The first-order valence-corrected chi connectivity index (χ1v) is 9.43. The van der Waals surface area contributed by atoms with Crippen LogP contribution in [0.15, 0.2) is 48.5 Å². The first-order valence-electron chi connectivity index (χ1n) is 9.43. The Bertz CT molecular complexity index is 879. The molecule has 2 aliphatic rings. The second kappa shape index (κ2) is 7.59. The lowest BCUT2D eigenvalue weighted by Gasteiger charge is -2.36. The molecule has 2 aromatic rings. The number of rotatable bonds is 4. The van der Waals surface area contributed by atoms with Crippen molar-refractivity contribution >= 4 is 23.2 Å². The Labute approximate surface area is 163 Å². The molecular formula is C21H23FN3O3+. The molecule has 2 amide bonds. The summed E-state index contributed by atoms with van der Waals surface area (Å²) in [5.74, 6) is 0.0247. The van der Waals surface area contributed by atoms with Crippen molar-refractivity contribution in [3.05, 3.63) is 54.3 Å². The van der Waals surface area contributed by atoms with Crippen molar-refractivity contribution in [1.29, 1.82) is 0 Å². The largest absolute Gasteiger partial charge is 0.495 e. The van der Waals surface area contributed by atoms with Crippen LogP contribution >= 0.6 is 0 Å². The van der Waals surface area contributed by atoms with Gasteiger partial charge in [-0.1, -0.05) is 12.1 Å². The van der Waals surface area contributed by atoms with Crippen LogP contribution in [0.2, 0.25) is 0 Å². The van der Waals surface area contributed by atoms with Crippen LogP contribution in [0.1, 0.15) is 6.42 Å². The minimum atomic E-state index is -0.391. The van der Waals surface area contributed by atoms with E-state index in [0.717, 1.165) is 42.5 Å². The fourth-order valence-electron chi connectivity index (χ4n) is 4.09.